The third-order valence-corrected chi connectivity index (χ3v) is 2.31. The minimum Gasteiger partial charge on any atom is -0.497 e. The van der Waals surface area contributed by atoms with Gasteiger partial charge in [-0.2, -0.15) is 0 Å². The van der Waals surface area contributed by atoms with E-state index in [0.29, 0.717) is 12.5 Å². The molecule has 2 rings (SSSR count). The number of nitrogens with two attached hydrogens (primary N) is 1. The van der Waals surface area contributed by atoms with Crippen LogP contribution in [-0.4, -0.2) is 27.3 Å². The molecule has 0 bridgehead atoms. The fourth-order valence-corrected chi connectivity index (χ4v) is 1.43. The number of anilines is 1. The van der Waals surface area contributed by atoms with Crippen LogP contribution in [0.2, 0.25) is 0 Å². The second-order valence-corrected chi connectivity index (χ2v) is 3.36. The molecule has 1 aromatic heterocycles. The van der Waals surface area contributed by atoms with Gasteiger partial charge in [0.25, 0.3) is 0 Å². The maximum Gasteiger partial charge on any atom is 0.240 e. The van der Waals surface area contributed by atoms with Gasteiger partial charge in [0.05, 0.1) is 13.7 Å². The van der Waals surface area contributed by atoms with Gasteiger partial charge >= 0.3 is 0 Å². The zero-order valence-corrected chi connectivity index (χ0v) is 9.00. The Bertz CT molecular complexity index is 468. The van der Waals surface area contributed by atoms with E-state index < -0.39 is 0 Å². The number of tetrazole rings is 1. The van der Waals surface area contributed by atoms with E-state index in [9.17, 15) is 0 Å². The minimum absolute atomic E-state index is 0.336. The molecule has 0 unspecified atom stereocenters. The van der Waals surface area contributed by atoms with E-state index >= 15 is 0 Å². The Morgan fingerprint density at radius 1 is 1.44 bits per heavy atom. The molecule has 1 aromatic carbocycles. The first-order valence-electron chi connectivity index (χ1n) is 4.94. The van der Waals surface area contributed by atoms with E-state index in [-0.39, 0.29) is 0 Å². The molecule has 1 heterocycles. The molecule has 0 saturated carbocycles. The van der Waals surface area contributed by atoms with Gasteiger partial charge < -0.3 is 10.5 Å². The van der Waals surface area contributed by atoms with E-state index in [0.717, 1.165) is 17.7 Å². The lowest BCUT2D eigenvalue weighted by Gasteiger charge is -2.04. The molecule has 84 valence electrons. The largest absolute Gasteiger partial charge is 0.497 e. The molecule has 6 heteroatoms. The molecule has 2 N–H and O–H groups in total. The number of hydrogen-bond donors (Lipinski definition) is 1. The summed E-state index contributed by atoms with van der Waals surface area (Å²) in [6.07, 6.45) is 0.812. The third kappa shape index (κ3) is 2.28. The van der Waals surface area contributed by atoms with Gasteiger partial charge in [-0.3, -0.25) is 0 Å². The maximum atomic E-state index is 5.56. The smallest absolute Gasteiger partial charge is 0.240 e. The Balaban J connectivity index is 2.02. The lowest BCUT2D eigenvalue weighted by atomic mass is 10.1. The monoisotopic (exact) mass is 219 g/mol. The van der Waals surface area contributed by atoms with E-state index in [4.69, 9.17) is 10.5 Å². The second kappa shape index (κ2) is 4.61. The van der Waals surface area contributed by atoms with Crippen LogP contribution in [0.5, 0.6) is 5.75 Å². The summed E-state index contributed by atoms with van der Waals surface area (Å²) >= 11 is 0. The highest BCUT2D eigenvalue weighted by Gasteiger charge is 2.01. The summed E-state index contributed by atoms with van der Waals surface area (Å²) in [7, 11) is 1.65. The summed E-state index contributed by atoms with van der Waals surface area (Å²) < 4.78 is 6.71. The predicted molar refractivity (Wildman–Crippen MR) is 58.9 cm³/mol. The number of aromatic nitrogens is 4. The van der Waals surface area contributed by atoms with Crippen molar-refractivity contribution in [2.45, 2.75) is 13.0 Å². The van der Waals surface area contributed by atoms with Crippen molar-refractivity contribution in [3.63, 3.8) is 0 Å². The molecule has 2 aromatic rings. The lowest BCUT2D eigenvalue weighted by molar-refractivity contribution is 0.414. The second-order valence-electron chi connectivity index (χ2n) is 3.36. The van der Waals surface area contributed by atoms with Gasteiger partial charge in [-0.05, 0) is 34.5 Å². The maximum absolute atomic E-state index is 5.56. The molecule has 0 saturated heterocycles. The fraction of sp³-hybridized carbons (Fsp3) is 0.300. The molecule has 0 fully saturated rings. The van der Waals surface area contributed by atoms with Gasteiger partial charge in [0.2, 0.25) is 5.95 Å². The Hall–Kier alpha value is -2.11. The molecule has 0 amide bonds. The summed E-state index contributed by atoms with van der Waals surface area (Å²) in [5.41, 5.74) is 6.72. The molecule has 0 aliphatic rings. The van der Waals surface area contributed by atoms with Gasteiger partial charge in [-0.1, -0.05) is 17.2 Å². The fourth-order valence-electron chi connectivity index (χ4n) is 1.43. The van der Waals surface area contributed by atoms with Crippen molar-refractivity contribution in [1.82, 2.24) is 20.2 Å². The number of rotatable bonds is 4. The number of hydrogen-bond acceptors (Lipinski definition) is 5. The number of ether oxygens (including phenoxy) is 1. The minimum atomic E-state index is 0.336. The van der Waals surface area contributed by atoms with Crippen molar-refractivity contribution < 1.29 is 4.74 Å². The van der Waals surface area contributed by atoms with Crippen LogP contribution in [0.4, 0.5) is 5.95 Å². The van der Waals surface area contributed by atoms with Crippen LogP contribution in [0.3, 0.4) is 0 Å². The van der Waals surface area contributed by atoms with E-state index in [1.54, 1.807) is 11.8 Å². The van der Waals surface area contributed by atoms with Crippen molar-refractivity contribution in [3.05, 3.63) is 29.8 Å². The standard InChI is InChI=1S/C10H13N5O/c1-16-9-4-2-3-8(7-9)5-6-15-10(11)12-13-14-15/h2-4,7H,5-6H2,1H3,(H2,11,12,14). The van der Waals surface area contributed by atoms with Crippen LogP contribution in [0, 0.1) is 0 Å². The molecule has 6 nitrogen and oxygen atoms in total. The first kappa shape index (κ1) is 10.4. The quantitative estimate of drug-likeness (QED) is 0.810. The van der Waals surface area contributed by atoms with Crippen LogP contribution >= 0.6 is 0 Å². The van der Waals surface area contributed by atoms with Crippen LogP contribution < -0.4 is 10.5 Å². The number of methoxy groups -OCH3 is 1. The lowest BCUT2D eigenvalue weighted by Crippen LogP contribution is -2.07. The Labute approximate surface area is 93.0 Å². The Morgan fingerprint density at radius 2 is 2.31 bits per heavy atom. The summed E-state index contributed by atoms with van der Waals surface area (Å²) in [6, 6.07) is 7.88. The van der Waals surface area contributed by atoms with Gasteiger partial charge in [0.1, 0.15) is 5.75 Å². The molecule has 0 spiro atoms. The van der Waals surface area contributed by atoms with E-state index in [1.165, 1.54) is 0 Å². The van der Waals surface area contributed by atoms with Crippen molar-refractivity contribution in [1.29, 1.82) is 0 Å². The molecule has 0 radical (unpaired) electrons. The van der Waals surface area contributed by atoms with Gasteiger partial charge in [0.15, 0.2) is 0 Å². The Morgan fingerprint density at radius 3 is 3.00 bits per heavy atom. The highest BCUT2D eigenvalue weighted by Crippen LogP contribution is 2.13. The highest BCUT2D eigenvalue weighted by molar-refractivity contribution is 5.28. The molecule has 0 aliphatic carbocycles. The summed E-state index contributed by atoms with van der Waals surface area (Å²) in [6.45, 7) is 0.659. The van der Waals surface area contributed by atoms with E-state index in [1.807, 2.05) is 24.3 Å². The molecule has 0 aliphatic heterocycles. The average Bonchev–Trinajstić information content (AvgIpc) is 2.72. The average molecular weight is 219 g/mol. The topological polar surface area (TPSA) is 78.8 Å². The van der Waals surface area contributed by atoms with Crippen LogP contribution in [0.15, 0.2) is 24.3 Å². The predicted octanol–water partition coefficient (Wildman–Crippen LogP) is 0.507. The van der Waals surface area contributed by atoms with Crippen molar-refractivity contribution in [2.24, 2.45) is 0 Å². The van der Waals surface area contributed by atoms with Gasteiger partial charge in [-0.25, -0.2) is 4.68 Å². The number of benzene rings is 1. The number of nitrogens with zero attached hydrogens (tertiary/aromatic N) is 4. The SMILES string of the molecule is COc1cccc(CCn2nnnc2N)c1. The summed E-state index contributed by atoms with van der Waals surface area (Å²) in [5.74, 6) is 1.19. The molecular weight excluding hydrogens is 206 g/mol. The van der Waals surface area contributed by atoms with Crippen molar-refractivity contribution in [2.75, 3.05) is 12.8 Å². The number of aryl methyl sites for hydroxylation is 2. The molecular formula is C10H13N5O. The van der Waals surface area contributed by atoms with Crippen molar-refractivity contribution >= 4 is 5.95 Å². The van der Waals surface area contributed by atoms with Crippen LogP contribution in [-0.2, 0) is 13.0 Å². The van der Waals surface area contributed by atoms with Crippen LogP contribution in [0.25, 0.3) is 0 Å². The normalized spacial score (nSPS) is 10.3. The molecule has 0 atom stereocenters. The molecule has 16 heavy (non-hydrogen) atoms. The van der Waals surface area contributed by atoms with Gasteiger partial charge in [-0.15, -0.1) is 0 Å². The zero-order valence-electron chi connectivity index (χ0n) is 9.00. The Kier molecular flexibility index (Phi) is 3.00. The van der Waals surface area contributed by atoms with Crippen molar-refractivity contribution in [3.8, 4) is 5.75 Å². The third-order valence-electron chi connectivity index (χ3n) is 2.31. The zero-order chi connectivity index (χ0) is 11.4. The first-order chi connectivity index (χ1) is 7.79. The highest BCUT2D eigenvalue weighted by atomic mass is 16.5. The van der Waals surface area contributed by atoms with Gasteiger partial charge in [0, 0.05) is 0 Å². The number of nitrogen functional groups attached to an aromatic ring is 1. The van der Waals surface area contributed by atoms with Crippen LogP contribution in [0.1, 0.15) is 5.56 Å². The van der Waals surface area contributed by atoms with E-state index in [2.05, 4.69) is 15.5 Å². The summed E-state index contributed by atoms with van der Waals surface area (Å²) in [4.78, 5) is 0. The summed E-state index contributed by atoms with van der Waals surface area (Å²) in [5, 5.41) is 10.9. The first-order valence-corrected chi connectivity index (χ1v) is 4.94.